The minimum absolute atomic E-state index is 0.0839. The molecule has 2 aromatic rings. The third-order valence-corrected chi connectivity index (χ3v) is 2.75. The van der Waals surface area contributed by atoms with E-state index in [1.807, 2.05) is 0 Å². The van der Waals surface area contributed by atoms with Crippen LogP contribution < -0.4 is 5.32 Å². The summed E-state index contributed by atoms with van der Waals surface area (Å²) in [7, 11) is 0. The molecule has 0 saturated carbocycles. The predicted molar refractivity (Wildman–Crippen MR) is 79.9 cm³/mol. The van der Waals surface area contributed by atoms with E-state index in [1.54, 1.807) is 30.3 Å². The van der Waals surface area contributed by atoms with Gasteiger partial charge in [0.25, 0.3) is 5.91 Å². The largest absolute Gasteiger partial charge is 0.478 e. The molecule has 0 aliphatic heterocycles. The van der Waals surface area contributed by atoms with E-state index in [1.165, 1.54) is 30.6 Å². The van der Waals surface area contributed by atoms with Gasteiger partial charge < -0.3 is 10.4 Å². The van der Waals surface area contributed by atoms with Crippen molar-refractivity contribution < 1.29 is 14.7 Å². The Morgan fingerprint density at radius 2 is 1.95 bits per heavy atom. The van der Waals surface area contributed by atoms with Crippen LogP contribution in [0.1, 0.15) is 15.9 Å². The van der Waals surface area contributed by atoms with Gasteiger partial charge in [0, 0.05) is 18.1 Å². The average Bonchev–Trinajstić information content (AvgIpc) is 2.53. The van der Waals surface area contributed by atoms with E-state index in [9.17, 15) is 9.59 Å². The number of nitrogens with one attached hydrogen (secondary N) is 1. The third-order valence-electron chi connectivity index (χ3n) is 2.75. The molecule has 6 nitrogen and oxygen atoms in total. The molecule has 1 amide bonds. The van der Waals surface area contributed by atoms with E-state index in [-0.39, 0.29) is 11.1 Å². The molecule has 0 spiro atoms. The van der Waals surface area contributed by atoms with Gasteiger partial charge in [-0.2, -0.15) is 5.26 Å². The highest BCUT2D eigenvalue weighted by Crippen LogP contribution is 2.12. The van der Waals surface area contributed by atoms with Gasteiger partial charge >= 0.3 is 5.97 Å². The maximum absolute atomic E-state index is 12.0. The van der Waals surface area contributed by atoms with Crippen LogP contribution in [0.15, 0.2) is 54.4 Å². The minimum Gasteiger partial charge on any atom is -0.478 e. The molecule has 0 aliphatic carbocycles. The Morgan fingerprint density at radius 3 is 2.59 bits per heavy atom. The first-order valence-corrected chi connectivity index (χ1v) is 6.26. The van der Waals surface area contributed by atoms with E-state index in [2.05, 4.69) is 10.3 Å². The fourth-order valence-electron chi connectivity index (χ4n) is 1.71. The van der Waals surface area contributed by atoms with Crippen molar-refractivity contribution in [2.24, 2.45) is 0 Å². The van der Waals surface area contributed by atoms with Crippen LogP contribution in [0, 0.1) is 11.3 Å². The van der Waals surface area contributed by atoms with Gasteiger partial charge in [0.1, 0.15) is 11.6 Å². The van der Waals surface area contributed by atoms with Crippen LogP contribution >= 0.6 is 0 Å². The molecule has 0 fully saturated rings. The van der Waals surface area contributed by atoms with E-state index in [0.717, 1.165) is 0 Å². The first kappa shape index (κ1) is 14.9. The summed E-state index contributed by atoms with van der Waals surface area (Å²) in [4.78, 5) is 26.8. The number of aromatic nitrogens is 1. The molecule has 0 atom stereocenters. The van der Waals surface area contributed by atoms with Crippen LogP contribution in [0.4, 0.5) is 5.69 Å². The quantitative estimate of drug-likeness (QED) is 0.665. The van der Waals surface area contributed by atoms with E-state index < -0.39 is 11.9 Å². The first-order valence-electron chi connectivity index (χ1n) is 6.26. The van der Waals surface area contributed by atoms with Crippen molar-refractivity contribution in [3.05, 3.63) is 65.5 Å². The van der Waals surface area contributed by atoms with Crippen molar-refractivity contribution >= 4 is 23.6 Å². The zero-order valence-corrected chi connectivity index (χ0v) is 11.4. The molecule has 22 heavy (non-hydrogen) atoms. The van der Waals surface area contributed by atoms with Crippen molar-refractivity contribution in [1.29, 1.82) is 5.26 Å². The highest BCUT2D eigenvalue weighted by molar-refractivity contribution is 6.09. The number of carboxylic acids is 1. The lowest BCUT2D eigenvalue weighted by Gasteiger charge is -2.03. The van der Waals surface area contributed by atoms with Gasteiger partial charge in [-0.1, -0.05) is 12.1 Å². The standard InChI is InChI=1S/C16H11N3O3/c17-10-13(15(20)19-14-4-6-18-7-5-14)9-11-2-1-3-12(8-11)16(21)22/h1-9H,(H,21,22)(H,18,19,20). The van der Waals surface area contributed by atoms with Crippen LogP contribution in [0.5, 0.6) is 0 Å². The summed E-state index contributed by atoms with van der Waals surface area (Å²) in [6, 6.07) is 11.0. The SMILES string of the molecule is N#CC(=Cc1cccc(C(=O)O)c1)C(=O)Nc1ccncc1. The summed E-state index contributed by atoms with van der Waals surface area (Å²) >= 11 is 0. The number of hydrogen-bond donors (Lipinski definition) is 2. The van der Waals surface area contributed by atoms with E-state index in [4.69, 9.17) is 10.4 Å². The molecule has 0 radical (unpaired) electrons. The molecular formula is C16H11N3O3. The van der Waals surface area contributed by atoms with Crippen molar-refractivity contribution in [3.8, 4) is 6.07 Å². The molecule has 1 aromatic carbocycles. The lowest BCUT2D eigenvalue weighted by molar-refractivity contribution is -0.112. The first-order chi connectivity index (χ1) is 10.6. The summed E-state index contributed by atoms with van der Waals surface area (Å²) in [5.41, 5.74) is 0.932. The summed E-state index contributed by atoms with van der Waals surface area (Å²) < 4.78 is 0. The van der Waals surface area contributed by atoms with E-state index >= 15 is 0 Å². The lowest BCUT2D eigenvalue weighted by Crippen LogP contribution is -2.13. The molecule has 0 bridgehead atoms. The maximum Gasteiger partial charge on any atom is 0.335 e. The summed E-state index contributed by atoms with van der Waals surface area (Å²) in [5.74, 6) is -1.65. The summed E-state index contributed by atoms with van der Waals surface area (Å²) in [6.45, 7) is 0. The number of nitrogens with zero attached hydrogens (tertiary/aromatic N) is 2. The normalized spacial score (nSPS) is 10.6. The van der Waals surface area contributed by atoms with Crippen LogP contribution in [0.3, 0.4) is 0 Å². The second kappa shape index (κ2) is 6.81. The second-order valence-corrected chi connectivity index (χ2v) is 4.29. The Labute approximate surface area is 126 Å². The molecule has 2 N–H and O–H groups in total. The second-order valence-electron chi connectivity index (χ2n) is 4.29. The Kier molecular flexibility index (Phi) is 4.63. The van der Waals surface area contributed by atoms with Gasteiger partial charge in [-0.15, -0.1) is 0 Å². The zero-order valence-electron chi connectivity index (χ0n) is 11.4. The molecule has 6 heteroatoms. The molecule has 0 saturated heterocycles. The molecule has 2 rings (SSSR count). The number of aromatic carboxylic acids is 1. The Balaban J connectivity index is 2.24. The van der Waals surface area contributed by atoms with Crippen molar-refractivity contribution in [2.45, 2.75) is 0 Å². The van der Waals surface area contributed by atoms with Gasteiger partial charge in [-0.25, -0.2) is 4.79 Å². The maximum atomic E-state index is 12.0. The van der Waals surface area contributed by atoms with Crippen LogP contribution in [0.2, 0.25) is 0 Å². The molecule has 0 unspecified atom stereocenters. The average molecular weight is 293 g/mol. The minimum atomic E-state index is -1.07. The number of carboxylic acid groups (broad SMARTS) is 1. The smallest absolute Gasteiger partial charge is 0.335 e. The summed E-state index contributed by atoms with van der Waals surface area (Å²) in [6.07, 6.45) is 4.37. The topological polar surface area (TPSA) is 103 Å². The predicted octanol–water partition coefficient (Wildman–Crippen LogP) is 2.33. The number of carbonyl (C=O) groups is 2. The molecular weight excluding hydrogens is 282 g/mol. The molecule has 108 valence electrons. The van der Waals surface area contributed by atoms with Crippen molar-refractivity contribution in [3.63, 3.8) is 0 Å². The highest BCUT2D eigenvalue weighted by Gasteiger charge is 2.10. The number of carbonyl (C=O) groups excluding carboxylic acids is 1. The fraction of sp³-hybridized carbons (Fsp3) is 0. The Bertz CT molecular complexity index is 777. The lowest BCUT2D eigenvalue weighted by atomic mass is 10.1. The van der Waals surface area contributed by atoms with Gasteiger partial charge in [-0.3, -0.25) is 9.78 Å². The fourth-order valence-corrected chi connectivity index (χ4v) is 1.71. The molecule has 1 heterocycles. The number of amides is 1. The molecule has 1 aromatic heterocycles. The molecule has 0 aliphatic rings. The Hall–Kier alpha value is -3.46. The third kappa shape index (κ3) is 3.77. The monoisotopic (exact) mass is 293 g/mol. The van der Waals surface area contributed by atoms with Crippen molar-refractivity contribution in [1.82, 2.24) is 4.98 Å². The van der Waals surface area contributed by atoms with Crippen LogP contribution in [0.25, 0.3) is 6.08 Å². The Morgan fingerprint density at radius 1 is 1.23 bits per heavy atom. The van der Waals surface area contributed by atoms with Gasteiger partial charge in [-0.05, 0) is 35.9 Å². The number of pyridine rings is 1. The number of rotatable bonds is 4. The number of nitriles is 1. The summed E-state index contributed by atoms with van der Waals surface area (Å²) in [5, 5.41) is 20.6. The van der Waals surface area contributed by atoms with Crippen molar-refractivity contribution in [2.75, 3.05) is 5.32 Å². The van der Waals surface area contributed by atoms with Crippen LogP contribution in [-0.4, -0.2) is 22.0 Å². The van der Waals surface area contributed by atoms with Gasteiger partial charge in [0.2, 0.25) is 0 Å². The number of anilines is 1. The number of benzene rings is 1. The van der Waals surface area contributed by atoms with E-state index in [0.29, 0.717) is 11.3 Å². The van der Waals surface area contributed by atoms with Gasteiger partial charge in [0.05, 0.1) is 5.56 Å². The number of hydrogen-bond acceptors (Lipinski definition) is 4. The van der Waals surface area contributed by atoms with Crippen LogP contribution in [-0.2, 0) is 4.79 Å². The highest BCUT2D eigenvalue weighted by atomic mass is 16.4. The van der Waals surface area contributed by atoms with Gasteiger partial charge in [0.15, 0.2) is 0 Å². The zero-order chi connectivity index (χ0) is 15.9.